The van der Waals surface area contributed by atoms with Crippen LogP contribution in [0.4, 0.5) is 0 Å². The lowest BCUT2D eigenvalue weighted by atomic mass is 10.1. The fourth-order valence-corrected chi connectivity index (χ4v) is 1.72. The van der Waals surface area contributed by atoms with Gasteiger partial charge in [0.25, 0.3) is 0 Å². The molecule has 3 nitrogen and oxygen atoms in total. The quantitative estimate of drug-likeness (QED) is 0.783. The van der Waals surface area contributed by atoms with Crippen molar-refractivity contribution < 1.29 is 9.53 Å². The van der Waals surface area contributed by atoms with Crippen molar-refractivity contribution in [2.24, 2.45) is 0 Å². The third-order valence-electron chi connectivity index (χ3n) is 1.92. The number of ether oxygens (including phenoxy) is 1. The Morgan fingerprint density at radius 1 is 1.50 bits per heavy atom. The van der Waals surface area contributed by atoms with Gasteiger partial charge in [0.1, 0.15) is 6.07 Å². The molecule has 0 heterocycles. The lowest BCUT2D eigenvalue weighted by Crippen LogP contribution is -2.08. The lowest BCUT2D eigenvalue weighted by molar-refractivity contribution is -0.142. The van der Waals surface area contributed by atoms with Gasteiger partial charge in [-0.05, 0) is 18.6 Å². The molecular weight excluding hydrogens is 249 g/mol. The minimum atomic E-state index is -0.379. The van der Waals surface area contributed by atoms with Crippen LogP contribution < -0.4 is 0 Å². The van der Waals surface area contributed by atoms with Crippen molar-refractivity contribution in [1.29, 1.82) is 5.26 Å². The summed E-state index contributed by atoms with van der Waals surface area (Å²) in [5, 5.41) is 9.32. The van der Waals surface area contributed by atoms with Crippen LogP contribution in [0.3, 0.4) is 0 Å². The molecule has 84 valence electrons. The standard InChI is InChI=1S/C11H9Cl2NO2/c1-2-16-10(15)5-7-3-4-9(12)8(6-14)11(7)13/h3-4H,2,5H2,1H3. The van der Waals surface area contributed by atoms with Crippen molar-refractivity contribution in [3.8, 4) is 6.07 Å². The largest absolute Gasteiger partial charge is 0.466 e. The van der Waals surface area contributed by atoms with Crippen molar-refractivity contribution >= 4 is 29.2 Å². The molecule has 0 radical (unpaired) electrons. The highest BCUT2D eigenvalue weighted by molar-refractivity contribution is 6.37. The summed E-state index contributed by atoms with van der Waals surface area (Å²) < 4.78 is 4.79. The van der Waals surface area contributed by atoms with Crippen LogP contribution in [0.25, 0.3) is 0 Å². The molecule has 16 heavy (non-hydrogen) atoms. The molecule has 0 aliphatic carbocycles. The van der Waals surface area contributed by atoms with Gasteiger partial charge >= 0.3 is 5.97 Å². The molecule has 0 N–H and O–H groups in total. The molecule has 0 saturated heterocycles. The van der Waals surface area contributed by atoms with E-state index in [1.807, 2.05) is 6.07 Å². The summed E-state index contributed by atoms with van der Waals surface area (Å²) in [6.45, 7) is 2.04. The predicted molar refractivity (Wildman–Crippen MR) is 61.5 cm³/mol. The Kier molecular flexibility index (Phi) is 4.60. The predicted octanol–water partition coefficient (Wildman–Crippen LogP) is 2.97. The van der Waals surface area contributed by atoms with E-state index in [4.69, 9.17) is 33.2 Å². The molecule has 5 heteroatoms. The lowest BCUT2D eigenvalue weighted by Gasteiger charge is -2.06. The van der Waals surface area contributed by atoms with E-state index in [1.54, 1.807) is 19.1 Å². The molecule has 0 fully saturated rings. The molecular formula is C11H9Cl2NO2. The van der Waals surface area contributed by atoms with E-state index in [1.165, 1.54) is 0 Å². The Bertz CT molecular complexity index is 452. The van der Waals surface area contributed by atoms with Crippen molar-refractivity contribution in [2.75, 3.05) is 6.61 Å². The average Bonchev–Trinajstić information content (AvgIpc) is 2.23. The van der Waals surface area contributed by atoms with Gasteiger partial charge in [-0.3, -0.25) is 4.79 Å². The molecule has 0 atom stereocenters. The van der Waals surface area contributed by atoms with Gasteiger partial charge in [-0.2, -0.15) is 5.26 Å². The monoisotopic (exact) mass is 257 g/mol. The van der Waals surface area contributed by atoms with Crippen LogP contribution in [0.15, 0.2) is 12.1 Å². The minimum absolute atomic E-state index is 0.0402. The van der Waals surface area contributed by atoms with Gasteiger partial charge in [0.2, 0.25) is 0 Å². The van der Waals surface area contributed by atoms with Crippen LogP contribution in [0, 0.1) is 11.3 Å². The first-order valence-electron chi connectivity index (χ1n) is 4.62. The molecule has 0 aliphatic rings. The fourth-order valence-electron chi connectivity index (χ4n) is 1.20. The second kappa shape index (κ2) is 5.74. The van der Waals surface area contributed by atoms with Gasteiger partial charge in [0.05, 0.1) is 28.6 Å². The van der Waals surface area contributed by atoms with E-state index in [-0.39, 0.29) is 28.0 Å². The molecule has 0 saturated carbocycles. The maximum atomic E-state index is 11.3. The van der Waals surface area contributed by atoms with Gasteiger partial charge in [-0.25, -0.2) is 0 Å². The van der Waals surface area contributed by atoms with Gasteiger partial charge < -0.3 is 4.74 Å². The van der Waals surface area contributed by atoms with Gasteiger partial charge in [-0.15, -0.1) is 0 Å². The first-order chi connectivity index (χ1) is 7.60. The maximum absolute atomic E-state index is 11.3. The van der Waals surface area contributed by atoms with Crippen LogP contribution in [0.2, 0.25) is 10.0 Å². The summed E-state index contributed by atoms with van der Waals surface area (Å²) in [5.41, 5.74) is 0.728. The van der Waals surface area contributed by atoms with Crippen molar-refractivity contribution in [3.63, 3.8) is 0 Å². The molecule has 0 spiro atoms. The summed E-state index contributed by atoms with van der Waals surface area (Å²) in [5.74, 6) is -0.379. The molecule has 0 aliphatic heterocycles. The summed E-state index contributed by atoms with van der Waals surface area (Å²) in [6.07, 6.45) is 0.0402. The topological polar surface area (TPSA) is 50.1 Å². The second-order valence-electron chi connectivity index (χ2n) is 2.99. The fraction of sp³-hybridized carbons (Fsp3) is 0.273. The van der Waals surface area contributed by atoms with Gasteiger partial charge in [-0.1, -0.05) is 29.3 Å². The number of nitriles is 1. The van der Waals surface area contributed by atoms with Crippen molar-refractivity contribution in [3.05, 3.63) is 33.3 Å². The van der Waals surface area contributed by atoms with E-state index in [0.717, 1.165) is 0 Å². The molecule has 0 amide bonds. The Labute approximate surface area is 104 Å². The summed E-state index contributed by atoms with van der Waals surface area (Å²) in [6, 6.07) is 5.05. The van der Waals surface area contributed by atoms with Crippen LogP contribution in [-0.2, 0) is 16.0 Å². The zero-order valence-electron chi connectivity index (χ0n) is 8.59. The SMILES string of the molecule is CCOC(=O)Cc1ccc(Cl)c(C#N)c1Cl. The van der Waals surface area contributed by atoms with Crippen LogP contribution in [0.5, 0.6) is 0 Å². The number of hydrogen-bond donors (Lipinski definition) is 0. The maximum Gasteiger partial charge on any atom is 0.310 e. The third kappa shape index (κ3) is 2.88. The number of carbonyl (C=O) groups is 1. The van der Waals surface area contributed by atoms with E-state index in [2.05, 4.69) is 0 Å². The van der Waals surface area contributed by atoms with Gasteiger partial charge in [0.15, 0.2) is 0 Å². The van der Waals surface area contributed by atoms with Crippen LogP contribution >= 0.6 is 23.2 Å². The number of halogens is 2. The number of nitrogens with zero attached hydrogens (tertiary/aromatic N) is 1. The number of hydrogen-bond acceptors (Lipinski definition) is 3. The number of benzene rings is 1. The smallest absolute Gasteiger partial charge is 0.310 e. The molecule has 1 rings (SSSR count). The molecule has 0 unspecified atom stereocenters. The number of carbonyl (C=O) groups excluding carboxylic acids is 1. The van der Waals surface area contributed by atoms with Crippen LogP contribution in [-0.4, -0.2) is 12.6 Å². The minimum Gasteiger partial charge on any atom is -0.466 e. The van der Waals surface area contributed by atoms with E-state index < -0.39 is 0 Å². The van der Waals surface area contributed by atoms with Crippen molar-refractivity contribution in [2.45, 2.75) is 13.3 Å². The second-order valence-corrected chi connectivity index (χ2v) is 3.77. The highest BCUT2D eigenvalue weighted by Crippen LogP contribution is 2.27. The average molecular weight is 258 g/mol. The van der Waals surface area contributed by atoms with Crippen LogP contribution in [0.1, 0.15) is 18.1 Å². The summed E-state index contributed by atoms with van der Waals surface area (Å²) >= 11 is 11.7. The highest BCUT2D eigenvalue weighted by atomic mass is 35.5. The Hall–Kier alpha value is -1.24. The summed E-state index contributed by atoms with van der Waals surface area (Å²) in [4.78, 5) is 11.3. The Morgan fingerprint density at radius 2 is 2.19 bits per heavy atom. The number of rotatable bonds is 3. The van der Waals surface area contributed by atoms with E-state index in [0.29, 0.717) is 12.2 Å². The highest BCUT2D eigenvalue weighted by Gasteiger charge is 2.13. The van der Waals surface area contributed by atoms with Gasteiger partial charge in [0, 0.05) is 0 Å². The molecule has 0 bridgehead atoms. The first-order valence-corrected chi connectivity index (χ1v) is 5.38. The molecule has 0 aromatic heterocycles. The zero-order chi connectivity index (χ0) is 12.1. The van der Waals surface area contributed by atoms with E-state index in [9.17, 15) is 4.79 Å². The Balaban J connectivity index is 2.99. The first kappa shape index (κ1) is 12.8. The van der Waals surface area contributed by atoms with Crippen molar-refractivity contribution in [1.82, 2.24) is 0 Å². The Morgan fingerprint density at radius 3 is 2.75 bits per heavy atom. The molecule has 1 aromatic rings. The number of esters is 1. The summed E-state index contributed by atoms with van der Waals surface area (Å²) in [7, 11) is 0. The normalized spacial score (nSPS) is 9.62. The molecule has 1 aromatic carbocycles. The third-order valence-corrected chi connectivity index (χ3v) is 2.67. The van der Waals surface area contributed by atoms with E-state index >= 15 is 0 Å². The zero-order valence-corrected chi connectivity index (χ0v) is 10.1.